The van der Waals surface area contributed by atoms with E-state index in [1.54, 1.807) is 6.07 Å². The third-order valence-corrected chi connectivity index (χ3v) is 16.6. The van der Waals surface area contributed by atoms with E-state index in [2.05, 4.69) is 218 Å². The molecule has 9 aromatic carbocycles. The smallest absolute Gasteiger partial charge is 0.269 e. The minimum absolute atomic E-state index is 0.0614. The summed E-state index contributed by atoms with van der Waals surface area (Å²) in [6.45, 7) is 34.6. The molecule has 5 heteroatoms. The van der Waals surface area contributed by atoms with Crippen LogP contribution in [0.25, 0.3) is 94.5 Å². The van der Waals surface area contributed by atoms with E-state index in [1.807, 2.05) is 81.9 Å². The lowest BCUT2D eigenvalue weighted by atomic mass is 9.77. The average Bonchev–Trinajstić information content (AvgIpc) is 1.51. The first-order valence-corrected chi connectivity index (χ1v) is 29.8. The van der Waals surface area contributed by atoms with Crippen molar-refractivity contribution < 1.29 is 16.2 Å². The number of para-hydroxylation sites is 4. The van der Waals surface area contributed by atoms with E-state index >= 15 is 0 Å². The first-order valence-electron chi connectivity index (χ1n) is 32.3. The minimum atomic E-state index is -0.433. The van der Waals surface area contributed by atoms with E-state index in [-0.39, 0.29) is 56.8 Å². The van der Waals surface area contributed by atoms with Crippen molar-refractivity contribution in [3.8, 4) is 73.2 Å². The molecule has 3 heterocycles. The second-order valence-electron chi connectivity index (χ2n) is 28.1. The summed E-state index contributed by atoms with van der Waals surface area (Å²) in [4.78, 5) is 5.48. The lowest BCUT2D eigenvalue weighted by Crippen LogP contribution is -2.30. The summed E-state index contributed by atoms with van der Waals surface area (Å²) >= 11 is 0. The molecule has 12 aromatic rings. The maximum Gasteiger partial charge on any atom is 0.269 e. The Labute approximate surface area is 511 Å². The Morgan fingerprint density at radius 3 is 1.56 bits per heavy atom. The van der Waals surface area contributed by atoms with Gasteiger partial charge in [0.1, 0.15) is 17.3 Å². The van der Waals surface area contributed by atoms with Crippen LogP contribution in [0.5, 0.6) is 11.5 Å². The number of ether oxygens (including phenoxy) is 1. The predicted octanol–water partition coefficient (Wildman–Crippen LogP) is 21.1. The van der Waals surface area contributed by atoms with Crippen molar-refractivity contribution in [2.24, 2.45) is 0 Å². The fourth-order valence-corrected chi connectivity index (χ4v) is 11.6. The molecule has 0 aliphatic carbocycles. The van der Waals surface area contributed by atoms with Gasteiger partial charge in [0.15, 0.2) is 0 Å². The summed E-state index contributed by atoms with van der Waals surface area (Å²) in [6.07, 6.45) is 5.66. The molecule has 85 heavy (non-hydrogen) atoms. The van der Waals surface area contributed by atoms with Crippen LogP contribution in [-0.2, 0) is 27.1 Å². The Morgan fingerprint density at radius 1 is 0.424 bits per heavy atom. The fraction of sp³-hybridized carbons (Fsp3) is 0.250. The molecule has 0 N–H and O–H groups in total. The molecule has 0 bridgehead atoms. The van der Waals surface area contributed by atoms with Gasteiger partial charge in [-0.25, -0.2) is 4.98 Å². The molecular formula is C80H80N4O. The van der Waals surface area contributed by atoms with Crippen LogP contribution < -0.4 is 9.30 Å². The van der Waals surface area contributed by atoms with Crippen molar-refractivity contribution >= 4 is 32.8 Å². The van der Waals surface area contributed by atoms with Gasteiger partial charge < -0.3 is 4.74 Å². The van der Waals surface area contributed by atoms with Crippen LogP contribution >= 0.6 is 0 Å². The highest BCUT2D eigenvalue weighted by molar-refractivity contribution is 6.09. The van der Waals surface area contributed by atoms with Crippen molar-refractivity contribution in [3.63, 3.8) is 0 Å². The highest BCUT2D eigenvalue weighted by atomic mass is 16.5. The van der Waals surface area contributed by atoms with Crippen molar-refractivity contribution in [3.05, 3.63) is 246 Å². The molecule has 0 amide bonds. The molecule has 0 spiro atoms. The summed E-state index contributed by atoms with van der Waals surface area (Å²) in [7, 11) is 0. The zero-order valence-corrected chi connectivity index (χ0v) is 52.0. The standard InChI is InChI=1S/C80H80N4O/c1-76(2,3)58-41-55(42-59(45-58)77(4,5)6)53-38-54(56-43-60(78(7,8)9)46-61(44-56)79(10,11)12)40-57(39-53)68-50-81-75(49-69(68)80(13,14)15)84-71-33-22-20-31-66(71)67-37-36-64(48-74(67)84)85-63-29-25-28-62(47-63)82-51-83(73-35-24-23-34-72(73)82)70-32-21-19-30-65(70)52-26-17-16-18-27-52/h16-50H,1-15H3/i16D,17D,18D,26D,27D. The molecule has 0 fully saturated rings. The Morgan fingerprint density at radius 2 is 0.953 bits per heavy atom. The first kappa shape index (κ1) is 50.7. The van der Waals surface area contributed by atoms with E-state index in [4.69, 9.17) is 16.6 Å². The van der Waals surface area contributed by atoms with Gasteiger partial charge in [-0.2, -0.15) is 0 Å². The highest BCUT2D eigenvalue weighted by Gasteiger charge is 2.27. The number of hydrogen-bond donors (Lipinski definition) is 0. The van der Waals surface area contributed by atoms with E-state index in [0.29, 0.717) is 22.7 Å². The molecule has 0 aliphatic heterocycles. The summed E-state index contributed by atoms with van der Waals surface area (Å²) < 4.78 is 55.9. The molecule has 0 atom stereocenters. The lowest BCUT2D eigenvalue weighted by Gasteiger charge is -2.28. The molecule has 0 aliphatic rings. The normalized spacial score (nSPS) is 13.5. The van der Waals surface area contributed by atoms with Crippen LogP contribution in [-0.4, -0.2) is 14.1 Å². The van der Waals surface area contributed by atoms with Gasteiger partial charge in [-0.1, -0.05) is 237 Å². The van der Waals surface area contributed by atoms with Crippen LogP contribution in [0.2, 0.25) is 0 Å². The molecule has 0 unspecified atom stereocenters. The van der Waals surface area contributed by atoms with Crippen LogP contribution in [0.15, 0.2) is 212 Å². The monoisotopic (exact) mass is 1120 g/mol. The number of hydrogen-bond acceptors (Lipinski definition) is 2. The van der Waals surface area contributed by atoms with E-state index in [9.17, 15) is 0 Å². The van der Waals surface area contributed by atoms with E-state index in [1.165, 1.54) is 50.1 Å². The van der Waals surface area contributed by atoms with Gasteiger partial charge in [0.2, 0.25) is 0 Å². The van der Waals surface area contributed by atoms with Gasteiger partial charge in [0, 0.05) is 28.6 Å². The quantitative estimate of drug-likeness (QED) is 0.107. The first-order chi connectivity index (χ1) is 42.3. The predicted molar refractivity (Wildman–Crippen MR) is 358 cm³/mol. The summed E-state index contributed by atoms with van der Waals surface area (Å²) in [5.74, 6) is 2.08. The second kappa shape index (κ2) is 21.1. The van der Waals surface area contributed by atoms with Gasteiger partial charge in [-0.3, -0.25) is 13.7 Å². The number of nitrogens with zero attached hydrogens (tertiary/aromatic N) is 4. The molecule has 3 aromatic heterocycles. The Bertz CT molecular complexity index is 4650. The molecule has 0 radical (unpaired) electrons. The second-order valence-corrected chi connectivity index (χ2v) is 28.1. The van der Waals surface area contributed by atoms with Crippen LogP contribution in [0.3, 0.4) is 0 Å². The SMILES string of the molecule is [2H]c1c([2H])c([2H])c(-c2ccccc2-[n+]2[c-]n(-c3cccc(Oc4ccc5c6ccccc6n(-c6cc(C(C)(C)C)c(-c7cc(-c8cc(C(C)(C)C)cc(C(C)(C)C)c8)cc(-c8cc(C(C)(C)C)cc(C(C)(C)C)c8)c7)cn6)c5c4)c3)c3ccccc32)c([2H])c1[2H]. The van der Waals surface area contributed by atoms with Gasteiger partial charge in [-0.15, -0.1) is 0 Å². The maximum absolute atomic E-state index is 8.86. The summed E-state index contributed by atoms with van der Waals surface area (Å²) in [6, 6.07) is 60.2. The number of rotatable bonds is 9. The molecular weight excluding hydrogens is 1030 g/mol. The maximum atomic E-state index is 8.86. The molecule has 0 saturated heterocycles. The van der Waals surface area contributed by atoms with E-state index in [0.717, 1.165) is 55.5 Å². The van der Waals surface area contributed by atoms with Gasteiger partial charge in [0.05, 0.1) is 40.3 Å². The number of imidazole rings is 1. The topological polar surface area (TPSA) is 35.9 Å². The third-order valence-electron chi connectivity index (χ3n) is 16.6. The summed E-state index contributed by atoms with van der Waals surface area (Å²) in [5, 5.41) is 2.19. The van der Waals surface area contributed by atoms with Gasteiger partial charge in [-0.05, 0) is 161 Å². The highest BCUT2D eigenvalue weighted by Crippen LogP contribution is 2.44. The zero-order valence-electron chi connectivity index (χ0n) is 57.0. The number of benzene rings is 9. The third kappa shape index (κ3) is 11.1. The average molecular weight is 1120 g/mol. The summed E-state index contributed by atoms with van der Waals surface area (Å²) in [5.41, 5.74) is 18.5. The number of aromatic nitrogens is 4. The largest absolute Gasteiger partial charge is 0.458 e. The van der Waals surface area contributed by atoms with Crippen LogP contribution in [0, 0.1) is 6.33 Å². The molecule has 12 rings (SSSR count). The molecule has 0 saturated carbocycles. The van der Waals surface area contributed by atoms with Crippen LogP contribution in [0.1, 0.15) is 139 Å². The fourth-order valence-electron chi connectivity index (χ4n) is 11.6. The van der Waals surface area contributed by atoms with Crippen molar-refractivity contribution in [2.75, 3.05) is 0 Å². The van der Waals surface area contributed by atoms with Crippen molar-refractivity contribution in [1.29, 1.82) is 0 Å². The van der Waals surface area contributed by atoms with Gasteiger partial charge in [0.25, 0.3) is 6.33 Å². The minimum Gasteiger partial charge on any atom is -0.458 e. The van der Waals surface area contributed by atoms with E-state index < -0.39 is 6.04 Å². The molecule has 5 nitrogen and oxygen atoms in total. The molecule has 426 valence electrons. The van der Waals surface area contributed by atoms with Crippen LogP contribution in [0.4, 0.5) is 0 Å². The lowest BCUT2D eigenvalue weighted by molar-refractivity contribution is -0.571. The zero-order chi connectivity index (χ0) is 64.3. The van der Waals surface area contributed by atoms with Crippen molar-refractivity contribution in [1.82, 2.24) is 14.1 Å². The Hall–Kier alpha value is -8.80. The van der Waals surface area contributed by atoms with Crippen molar-refractivity contribution in [2.45, 2.75) is 131 Å². The Kier molecular flexibility index (Phi) is 12.6. The van der Waals surface area contributed by atoms with Gasteiger partial charge >= 0.3 is 0 Å². The Balaban J connectivity index is 0.975. The number of pyridine rings is 1. The number of fused-ring (bicyclic) bond motifs is 4.